The predicted octanol–water partition coefficient (Wildman–Crippen LogP) is 2.57. The van der Waals surface area contributed by atoms with Gasteiger partial charge in [-0.2, -0.15) is 0 Å². The van der Waals surface area contributed by atoms with Crippen molar-refractivity contribution in [2.24, 2.45) is 0 Å². The molecule has 0 heterocycles. The van der Waals surface area contributed by atoms with E-state index < -0.39 is 10.8 Å². The maximum atomic E-state index is 12.1. The highest BCUT2D eigenvalue weighted by Crippen LogP contribution is 2.21. The fourth-order valence-corrected chi connectivity index (χ4v) is 2.44. The first-order valence-electron chi connectivity index (χ1n) is 5.05. The van der Waals surface area contributed by atoms with Gasteiger partial charge in [-0.1, -0.05) is 0 Å². The summed E-state index contributed by atoms with van der Waals surface area (Å²) in [6, 6.07) is 13.4. The zero-order chi connectivity index (χ0) is 12.3. The molecule has 0 aliphatic heterocycles. The molecule has 88 valence electrons. The molecule has 0 fully saturated rings. The van der Waals surface area contributed by atoms with E-state index in [4.69, 9.17) is 9.84 Å². The second-order valence-electron chi connectivity index (χ2n) is 3.44. The van der Waals surface area contributed by atoms with E-state index in [2.05, 4.69) is 0 Å². The normalized spacial score (nSPS) is 12.1. The molecule has 4 heteroatoms. The van der Waals surface area contributed by atoms with Crippen molar-refractivity contribution in [2.45, 2.75) is 9.79 Å². The number of phenols is 1. The lowest BCUT2D eigenvalue weighted by atomic mass is 10.3. The predicted molar refractivity (Wildman–Crippen MR) is 65.8 cm³/mol. The van der Waals surface area contributed by atoms with E-state index in [9.17, 15) is 4.21 Å². The summed E-state index contributed by atoms with van der Waals surface area (Å²) >= 11 is 0. The van der Waals surface area contributed by atoms with Crippen LogP contribution in [0.15, 0.2) is 58.3 Å². The van der Waals surface area contributed by atoms with Crippen molar-refractivity contribution in [1.29, 1.82) is 0 Å². The molecule has 2 rings (SSSR count). The highest BCUT2D eigenvalue weighted by Gasteiger charge is 2.06. The summed E-state index contributed by atoms with van der Waals surface area (Å²) in [5.74, 6) is 0.900. The van der Waals surface area contributed by atoms with Crippen LogP contribution in [0.4, 0.5) is 0 Å². The van der Waals surface area contributed by atoms with Crippen molar-refractivity contribution in [3.8, 4) is 11.5 Å². The van der Waals surface area contributed by atoms with Crippen LogP contribution in [0, 0.1) is 0 Å². The first-order valence-corrected chi connectivity index (χ1v) is 6.20. The van der Waals surface area contributed by atoms with Gasteiger partial charge in [0.2, 0.25) is 0 Å². The van der Waals surface area contributed by atoms with Crippen molar-refractivity contribution >= 4 is 10.8 Å². The quantitative estimate of drug-likeness (QED) is 0.908. The molecule has 0 radical (unpaired) electrons. The van der Waals surface area contributed by atoms with Gasteiger partial charge >= 0.3 is 0 Å². The molecule has 2 aromatic carbocycles. The second-order valence-corrected chi connectivity index (χ2v) is 4.92. The molecule has 17 heavy (non-hydrogen) atoms. The van der Waals surface area contributed by atoms with Crippen molar-refractivity contribution in [3.63, 3.8) is 0 Å². The SMILES string of the molecule is COc1ccc(S(=O)c2ccc(O)cc2)cc1. The minimum Gasteiger partial charge on any atom is -0.508 e. The van der Waals surface area contributed by atoms with Gasteiger partial charge in [0.15, 0.2) is 0 Å². The molecule has 0 bridgehead atoms. The van der Waals surface area contributed by atoms with Crippen LogP contribution in [-0.4, -0.2) is 16.4 Å². The zero-order valence-electron chi connectivity index (χ0n) is 9.29. The van der Waals surface area contributed by atoms with Gasteiger partial charge in [-0.15, -0.1) is 0 Å². The minimum absolute atomic E-state index is 0.167. The van der Waals surface area contributed by atoms with Crippen molar-refractivity contribution in [3.05, 3.63) is 48.5 Å². The Balaban J connectivity index is 2.27. The molecule has 0 aliphatic rings. The summed E-state index contributed by atoms with van der Waals surface area (Å²) in [5, 5.41) is 9.16. The Hall–Kier alpha value is -1.81. The molecular formula is C13H12O3S. The van der Waals surface area contributed by atoms with Crippen LogP contribution in [-0.2, 0) is 10.8 Å². The molecule has 2 aromatic rings. The molecule has 1 N–H and O–H groups in total. The fraction of sp³-hybridized carbons (Fsp3) is 0.0769. The summed E-state index contributed by atoms with van der Waals surface area (Å²) in [6.45, 7) is 0. The molecule has 0 amide bonds. The fourth-order valence-electron chi connectivity index (χ4n) is 1.41. The summed E-state index contributed by atoms with van der Waals surface area (Å²) in [7, 11) is 0.357. The number of rotatable bonds is 3. The van der Waals surface area contributed by atoms with Crippen molar-refractivity contribution in [1.82, 2.24) is 0 Å². The highest BCUT2D eigenvalue weighted by molar-refractivity contribution is 7.85. The first kappa shape index (κ1) is 11.7. The van der Waals surface area contributed by atoms with E-state index in [0.29, 0.717) is 9.79 Å². The lowest BCUT2D eigenvalue weighted by Crippen LogP contribution is -1.92. The van der Waals surface area contributed by atoms with Crippen LogP contribution in [0.25, 0.3) is 0 Å². The lowest BCUT2D eigenvalue weighted by molar-refractivity contribution is 0.414. The van der Waals surface area contributed by atoms with E-state index >= 15 is 0 Å². The monoisotopic (exact) mass is 248 g/mol. The Morgan fingerprint density at radius 3 is 1.88 bits per heavy atom. The second kappa shape index (κ2) is 5.01. The third-order valence-electron chi connectivity index (χ3n) is 2.32. The van der Waals surface area contributed by atoms with E-state index in [1.165, 1.54) is 12.1 Å². The molecule has 0 aromatic heterocycles. The number of hydrogen-bond acceptors (Lipinski definition) is 3. The van der Waals surface area contributed by atoms with Crippen molar-refractivity contribution in [2.75, 3.05) is 7.11 Å². The average Bonchev–Trinajstić information content (AvgIpc) is 2.39. The zero-order valence-corrected chi connectivity index (χ0v) is 10.1. The molecule has 3 nitrogen and oxygen atoms in total. The van der Waals surface area contributed by atoms with E-state index in [1.807, 2.05) is 0 Å². The highest BCUT2D eigenvalue weighted by atomic mass is 32.2. The summed E-state index contributed by atoms with van der Waals surface area (Å²) in [6.07, 6.45) is 0. The van der Waals surface area contributed by atoms with Crippen LogP contribution in [0.1, 0.15) is 0 Å². The Bertz CT molecular complexity index is 517. The van der Waals surface area contributed by atoms with Gasteiger partial charge < -0.3 is 9.84 Å². The Kier molecular flexibility index (Phi) is 3.44. The van der Waals surface area contributed by atoms with Gasteiger partial charge in [-0.25, -0.2) is 4.21 Å². The van der Waals surface area contributed by atoms with Gasteiger partial charge in [-0.05, 0) is 48.5 Å². The minimum atomic E-state index is -1.23. The van der Waals surface area contributed by atoms with E-state index in [0.717, 1.165) is 5.75 Å². The van der Waals surface area contributed by atoms with Gasteiger partial charge in [0.05, 0.1) is 17.9 Å². The Morgan fingerprint density at radius 2 is 1.41 bits per heavy atom. The number of benzene rings is 2. The average molecular weight is 248 g/mol. The number of aromatic hydroxyl groups is 1. The molecule has 0 aliphatic carbocycles. The summed E-state index contributed by atoms with van der Waals surface area (Å²) < 4.78 is 17.2. The van der Waals surface area contributed by atoms with E-state index in [-0.39, 0.29) is 5.75 Å². The molecular weight excluding hydrogens is 236 g/mol. The molecule has 0 saturated carbocycles. The molecule has 0 spiro atoms. The lowest BCUT2D eigenvalue weighted by Gasteiger charge is -2.04. The maximum Gasteiger partial charge on any atom is 0.118 e. The summed E-state index contributed by atoms with van der Waals surface area (Å²) in [4.78, 5) is 1.37. The number of phenolic OH excluding ortho intramolecular Hbond substituents is 1. The third kappa shape index (κ3) is 2.65. The third-order valence-corrected chi connectivity index (χ3v) is 3.72. The Labute approximate surface area is 102 Å². The standard InChI is InChI=1S/C13H12O3S/c1-16-11-4-8-13(9-5-11)17(15)12-6-2-10(14)3-7-12/h2-9,14H,1H3. The molecule has 0 saturated heterocycles. The van der Waals surface area contributed by atoms with Crippen molar-refractivity contribution < 1.29 is 14.1 Å². The van der Waals surface area contributed by atoms with Gasteiger partial charge in [0.1, 0.15) is 11.5 Å². The topological polar surface area (TPSA) is 46.5 Å². The molecule has 1 unspecified atom stereocenters. The van der Waals surface area contributed by atoms with Gasteiger partial charge in [0.25, 0.3) is 0 Å². The largest absolute Gasteiger partial charge is 0.508 e. The van der Waals surface area contributed by atoms with Crippen LogP contribution >= 0.6 is 0 Å². The van der Waals surface area contributed by atoms with E-state index in [1.54, 1.807) is 43.5 Å². The van der Waals surface area contributed by atoms with Crippen LogP contribution in [0.5, 0.6) is 11.5 Å². The molecule has 1 atom stereocenters. The maximum absolute atomic E-state index is 12.1. The van der Waals surface area contributed by atoms with Crippen LogP contribution in [0.2, 0.25) is 0 Å². The number of methoxy groups -OCH3 is 1. The van der Waals surface area contributed by atoms with Crippen LogP contribution in [0.3, 0.4) is 0 Å². The smallest absolute Gasteiger partial charge is 0.118 e. The van der Waals surface area contributed by atoms with Gasteiger partial charge in [0, 0.05) is 9.79 Å². The number of ether oxygens (including phenoxy) is 1. The van der Waals surface area contributed by atoms with Crippen LogP contribution < -0.4 is 4.74 Å². The Morgan fingerprint density at radius 1 is 0.941 bits per heavy atom. The summed E-state index contributed by atoms with van der Waals surface area (Å²) in [5.41, 5.74) is 0. The number of hydrogen-bond donors (Lipinski definition) is 1. The first-order chi connectivity index (χ1) is 8.20. The van der Waals surface area contributed by atoms with Gasteiger partial charge in [-0.3, -0.25) is 0 Å².